The van der Waals surface area contributed by atoms with Gasteiger partial charge in [-0.15, -0.1) is 0 Å². The van der Waals surface area contributed by atoms with E-state index in [0.29, 0.717) is 11.1 Å². The third-order valence-electron chi connectivity index (χ3n) is 2.64. The number of phenols is 1. The van der Waals surface area contributed by atoms with E-state index in [1.54, 1.807) is 29.7 Å². The number of rotatable bonds is 3. The molecule has 3 heteroatoms. The van der Waals surface area contributed by atoms with Crippen LogP contribution in [0.15, 0.2) is 48.8 Å². The SMILES string of the molecule is Cc1cccc(C(=O)C[n+]2ccccc2)c1O. The Morgan fingerprint density at radius 1 is 1.18 bits per heavy atom. The second kappa shape index (κ2) is 4.78. The number of pyridine rings is 1. The molecule has 86 valence electrons. The smallest absolute Gasteiger partial charge is 0.231 e. The summed E-state index contributed by atoms with van der Waals surface area (Å²) in [5.74, 6) is -0.0172. The van der Waals surface area contributed by atoms with Gasteiger partial charge in [-0.1, -0.05) is 18.2 Å². The molecule has 0 saturated heterocycles. The van der Waals surface area contributed by atoms with Crippen LogP contribution >= 0.6 is 0 Å². The van der Waals surface area contributed by atoms with Crippen molar-refractivity contribution in [2.75, 3.05) is 0 Å². The van der Waals surface area contributed by atoms with Crippen LogP contribution in [0.25, 0.3) is 0 Å². The molecule has 0 bridgehead atoms. The van der Waals surface area contributed by atoms with Crippen molar-refractivity contribution in [2.45, 2.75) is 13.5 Å². The topological polar surface area (TPSA) is 41.2 Å². The zero-order valence-corrected chi connectivity index (χ0v) is 9.63. The molecule has 0 fully saturated rings. The summed E-state index contributed by atoms with van der Waals surface area (Å²) in [7, 11) is 0. The molecule has 0 amide bonds. The fourth-order valence-electron chi connectivity index (χ4n) is 1.67. The third kappa shape index (κ3) is 2.50. The van der Waals surface area contributed by atoms with Crippen LogP contribution in [0.3, 0.4) is 0 Å². The first kappa shape index (κ1) is 11.3. The first-order valence-corrected chi connectivity index (χ1v) is 5.44. The second-order valence-corrected chi connectivity index (χ2v) is 3.94. The van der Waals surface area contributed by atoms with Gasteiger partial charge in [0.25, 0.3) is 0 Å². The molecule has 0 radical (unpaired) electrons. The Bertz CT molecular complexity index is 535. The summed E-state index contributed by atoms with van der Waals surface area (Å²) < 4.78 is 1.78. The largest absolute Gasteiger partial charge is 0.507 e. The summed E-state index contributed by atoms with van der Waals surface area (Å²) in [6.45, 7) is 2.01. The second-order valence-electron chi connectivity index (χ2n) is 3.94. The molecule has 2 rings (SSSR count). The van der Waals surface area contributed by atoms with Gasteiger partial charge in [-0.25, -0.2) is 0 Å². The van der Waals surface area contributed by atoms with Gasteiger partial charge in [0.1, 0.15) is 5.75 Å². The first-order chi connectivity index (χ1) is 8.18. The quantitative estimate of drug-likeness (QED) is 0.643. The average molecular weight is 228 g/mol. The molecule has 0 spiro atoms. The number of aromatic nitrogens is 1. The highest BCUT2D eigenvalue weighted by molar-refractivity contribution is 5.97. The highest BCUT2D eigenvalue weighted by atomic mass is 16.3. The van der Waals surface area contributed by atoms with Gasteiger partial charge < -0.3 is 5.11 Å². The standard InChI is InChI=1S/C14H13NO2/c1-11-6-5-7-12(14(11)17)13(16)10-15-8-3-2-4-9-15/h2-9H,10H2,1H3/p+1. The summed E-state index contributed by atoms with van der Waals surface area (Å²) in [5.41, 5.74) is 1.09. The number of Topliss-reactive ketones (excluding diaryl/α,β-unsaturated/α-hetero) is 1. The van der Waals surface area contributed by atoms with Crippen LogP contribution in [0.4, 0.5) is 0 Å². The Morgan fingerprint density at radius 3 is 2.59 bits per heavy atom. The number of aryl methyl sites for hydroxylation is 1. The van der Waals surface area contributed by atoms with Gasteiger partial charge >= 0.3 is 0 Å². The summed E-state index contributed by atoms with van der Waals surface area (Å²) in [6, 6.07) is 10.8. The van der Waals surface area contributed by atoms with Crippen LogP contribution < -0.4 is 4.57 Å². The van der Waals surface area contributed by atoms with E-state index in [1.807, 2.05) is 30.6 Å². The lowest BCUT2D eigenvalue weighted by molar-refractivity contribution is -0.683. The third-order valence-corrected chi connectivity index (χ3v) is 2.64. The number of carbonyl (C=O) groups excluding carboxylic acids is 1. The highest BCUT2D eigenvalue weighted by Crippen LogP contribution is 2.21. The van der Waals surface area contributed by atoms with Crippen LogP contribution in [0.5, 0.6) is 5.75 Å². The summed E-state index contributed by atoms with van der Waals surface area (Å²) in [5, 5.41) is 9.82. The predicted octanol–water partition coefficient (Wildman–Crippen LogP) is 1.87. The van der Waals surface area contributed by atoms with Crippen LogP contribution in [0, 0.1) is 6.92 Å². The van der Waals surface area contributed by atoms with Crippen molar-refractivity contribution in [1.82, 2.24) is 0 Å². The molecule has 3 nitrogen and oxygen atoms in total. The fourth-order valence-corrected chi connectivity index (χ4v) is 1.67. The molecular formula is C14H14NO2+. The molecule has 0 aliphatic rings. The maximum Gasteiger partial charge on any atom is 0.231 e. The molecule has 0 unspecified atom stereocenters. The molecule has 1 aromatic carbocycles. The molecule has 0 atom stereocenters. The van der Waals surface area contributed by atoms with E-state index in [1.165, 1.54) is 0 Å². The van der Waals surface area contributed by atoms with E-state index in [9.17, 15) is 9.90 Å². The van der Waals surface area contributed by atoms with E-state index >= 15 is 0 Å². The minimum Gasteiger partial charge on any atom is -0.507 e. The Labute approximate surface area is 100.0 Å². The molecule has 1 aromatic heterocycles. The molecule has 17 heavy (non-hydrogen) atoms. The monoisotopic (exact) mass is 228 g/mol. The molecule has 1 N–H and O–H groups in total. The van der Waals surface area contributed by atoms with Crippen molar-refractivity contribution in [2.24, 2.45) is 0 Å². The number of phenolic OH excluding ortho intramolecular Hbond substituents is 1. The van der Waals surface area contributed by atoms with Crippen LogP contribution in [0.1, 0.15) is 15.9 Å². The van der Waals surface area contributed by atoms with Crippen molar-refractivity contribution >= 4 is 5.78 Å². The van der Waals surface area contributed by atoms with Crippen molar-refractivity contribution in [3.63, 3.8) is 0 Å². The minimum atomic E-state index is -0.0950. The zero-order chi connectivity index (χ0) is 12.3. The van der Waals surface area contributed by atoms with Gasteiger partial charge in [0.2, 0.25) is 12.3 Å². The number of carbonyl (C=O) groups is 1. The van der Waals surface area contributed by atoms with Gasteiger partial charge in [-0.05, 0) is 18.6 Å². The zero-order valence-electron chi connectivity index (χ0n) is 9.63. The van der Waals surface area contributed by atoms with Gasteiger partial charge in [-0.3, -0.25) is 4.79 Å². The number of hydrogen-bond donors (Lipinski definition) is 1. The lowest BCUT2D eigenvalue weighted by Crippen LogP contribution is -2.36. The van der Waals surface area contributed by atoms with Crippen molar-refractivity contribution in [1.29, 1.82) is 0 Å². The van der Waals surface area contributed by atoms with E-state index < -0.39 is 0 Å². The number of para-hydroxylation sites is 1. The lowest BCUT2D eigenvalue weighted by Gasteiger charge is -2.04. The van der Waals surface area contributed by atoms with E-state index in [2.05, 4.69) is 0 Å². The normalized spacial score (nSPS) is 10.2. The van der Waals surface area contributed by atoms with Crippen LogP contribution in [-0.4, -0.2) is 10.9 Å². The maximum absolute atomic E-state index is 12.0. The van der Waals surface area contributed by atoms with Gasteiger partial charge in [0.05, 0.1) is 5.56 Å². The predicted molar refractivity (Wildman–Crippen MR) is 63.8 cm³/mol. The van der Waals surface area contributed by atoms with Gasteiger partial charge in [0, 0.05) is 12.1 Å². The molecule has 0 aliphatic heterocycles. The summed E-state index contributed by atoms with van der Waals surface area (Å²) in [6.07, 6.45) is 3.65. The number of aromatic hydroxyl groups is 1. The highest BCUT2D eigenvalue weighted by Gasteiger charge is 2.16. The van der Waals surface area contributed by atoms with Crippen LogP contribution in [-0.2, 0) is 6.54 Å². The van der Waals surface area contributed by atoms with E-state index in [4.69, 9.17) is 0 Å². The molecule has 1 heterocycles. The van der Waals surface area contributed by atoms with Crippen LogP contribution in [0.2, 0.25) is 0 Å². The van der Waals surface area contributed by atoms with E-state index in [0.717, 1.165) is 0 Å². The first-order valence-electron chi connectivity index (χ1n) is 5.44. The Kier molecular flexibility index (Phi) is 3.19. The lowest BCUT2D eigenvalue weighted by atomic mass is 10.1. The van der Waals surface area contributed by atoms with Gasteiger partial charge in [-0.2, -0.15) is 4.57 Å². The van der Waals surface area contributed by atoms with Gasteiger partial charge in [0.15, 0.2) is 12.4 Å². The fraction of sp³-hybridized carbons (Fsp3) is 0.143. The maximum atomic E-state index is 12.0. The van der Waals surface area contributed by atoms with Crippen molar-refractivity contribution in [3.05, 3.63) is 59.9 Å². The Hall–Kier alpha value is -2.16. The van der Waals surface area contributed by atoms with E-state index in [-0.39, 0.29) is 18.1 Å². The summed E-state index contributed by atoms with van der Waals surface area (Å²) >= 11 is 0. The number of ketones is 1. The number of hydrogen-bond acceptors (Lipinski definition) is 2. The minimum absolute atomic E-state index is 0.0778. The summed E-state index contributed by atoms with van der Waals surface area (Å²) in [4.78, 5) is 12.0. The molecular weight excluding hydrogens is 214 g/mol. The molecule has 0 aliphatic carbocycles. The van der Waals surface area contributed by atoms with Crippen molar-refractivity contribution in [3.8, 4) is 5.75 Å². The Balaban J connectivity index is 2.24. The van der Waals surface area contributed by atoms with Crippen molar-refractivity contribution < 1.29 is 14.5 Å². The Morgan fingerprint density at radius 2 is 1.88 bits per heavy atom. The molecule has 2 aromatic rings. The average Bonchev–Trinajstić information content (AvgIpc) is 2.34. The number of nitrogens with zero attached hydrogens (tertiary/aromatic N) is 1. The number of benzene rings is 1. The molecule has 0 saturated carbocycles.